The molecule has 0 aliphatic heterocycles. The van der Waals surface area contributed by atoms with E-state index in [1.54, 1.807) is 6.07 Å². The molecule has 92 valence electrons. The van der Waals surface area contributed by atoms with Gasteiger partial charge in [-0.1, -0.05) is 29.8 Å². The Balaban J connectivity index is 1.94. The second kappa shape index (κ2) is 5.52. The van der Waals surface area contributed by atoms with Crippen molar-refractivity contribution in [1.82, 2.24) is 5.32 Å². The maximum atomic E-state index is 8.67. The van der Waals surface area contributed by atoms with Gasteiger partial charge in [-0.25, -0.2) is 0 Å². The predicted octanol–water partition coefficient (Wildman–Crippen LogP) is 3.31. The monoisotopic (exact) mass is 240 g/mol. The van der Waals surface area contributed by atoms with Crippen molar-refractivity contribution in [1.29, 1.82) is 5.26 Å². The number of nitrogens with zero attached hydrogens (tertiary/aromatic N) is 1. The van der Waals surface area contributed by atoms with Gasteiger partial charge in [-0.05, 0) is 31.5 Å². The highest BCUT2D eigenvalue weighted by Gasteiger charge is 2.06. The molecular weight excluding hydrogens is 224 g/mol. The summed E-state index contributed by atoms with van der Waals surface area (Å²) in [4.78, 5) is 0. The van der Waals surface area contributed by atoms with Gasteiger partial charge in [0.05, 0.1) is 6.54 Å². The van der Waals surface area contributed by atoms with Crippen LogP contribution in [0.1, 0.15) is 35.6 Å². The van der Waals surface area contributed by atoms with Crippen LogP contribution >= 0.6 is 0 Å². The fraction of sp³-hybridized carbons (Fsp3) is 0.267. The zero-order valence-corrected chi connectivity index (χ0v) is 10.6. The van der Waals surface area contributed by atoms with Crippen LogP contribution in [-0.2, 0) is 6.54 Å². The second-order valence-corrected chi connectivity index (χ2v) is 4.39. The minimum absolute atomic E-state index is 0.251. The fourth-order valence-corrected chi connectivity index (χ4v) is 1.76. The fourth-order valence-electron chi connectivity index (χ4n) is 1.76. The van der Waals surface area contributed by atoms with E-state index in [1.807, 2.05) is 12.1 Å². The smallest absolute Gasteiger partial charge is 0.203 e. The van der Waals surface area contributed by atoms with Crippen LogP contribution in [0.2, 0.25) is 0 Å². The molecule has 0 bridgehead atoms. The summed E-state index contributed by atoms with van der Waals surface area (Å²) >= 11 is 0. The lowest BCUT2D eigenvalue weighted by Crippen LogP contribution is -2.17. The van der Waals surface area contributed by atoms with Gasteiger partial charge in [0.15, 0.2) is 0 Å². The minimum atomic E-state index is 0.251. The summed E-state index contributed by atoms with van der Waals surface area (Å²) in [5, 5.41) is 12.0. The lowest BCUT2D eigenvalue weighted by molar-refractivity contribution is 0.453. The molecule has 1 heterocycles. The highest BCUT2D eigenvalue weighted by Crippen LogP contribution is 2.14. The Hall–Kier alpha value is -2.05. The van der Waals surface area contributed by atoms with Gasteiger partial charge in [0, 0.05) is 6.04 Å². The number of benzene rings is 1. The zero-order chi connectivity index (χ0) is 13.0. The van der Waals surface area contributed by atoms with Crippen LogP contribution in [0.5, 0.6) is 0 Å². The molecule has 0 saturated heterocycles. The van der Waals surface area contributed by atoms with Crippen molar-refractivity contribution in [3.8, 4) is 6.07 Å². The van der Waals surface area contributed by atoms with Crippen LogP contribution < -0.4 is 5.32 Å². The number of hydrogen-bond donors (Lipinski definition) is 1. The maximum Gasteiger partial charge on any atom is 0.203 e. The number of furan rings is 1. The quantitative estimate of drug-likeness (QED) is 0.891. The van der Waals surface area contributed by atoms with Crippen LogP contribution in [0.15, 0.2) is 40.8 Å². The average molecular weight is 240 g/mol. The first-order valence-electron chi connectivity index (χ1n) is 5.98. The third-order valence-corrected chi connectivity index (χ3v) is 2.93. The van der Waals surface area contributed by atoms with Gasteiger partial charge in [0.1, 0.15) is 11.8 Å². The van der Waals surface area contributed by atoms with Crippen molar-refractivity contribution in [3.63, 3.8) is 0 Å². The van der Waals surface area contributed by atoms with Crippen molar-refractivity contribution >= 4 is 0 Å². The molecule has 1 aromatic carbocycles. The molecule has 0 amide bonds. The van der Waals surface area contributed by atoms with E-state index >= 15 is 0 Å². The molecule has 0 radical (unpaired) electrons. The molecule has 1 atom stereocenters. The second-order valence-electron chi connectivity index (χ2n) is 4.39. The van der Waals surface area contributed by atoms with Gasteiger partial charge < -0.3 is 9.73 Å². The van der Waals surface area contributed by atoms with Crippen molar-refractivity contribution in [2.45, 2.75) is 26.4 Å². The molecule has 0 saturated carbocycles. The summed E-state index contributed by atoms with van der Waals surface area (Å²) in [5.41, 5.74) is 2.50. The number of hydrogen-bond acceptors (Lipinski definition) is 3. The van der Waals surface area contributed by atoms with E-state index < -0.39 is 0 Å². The molecule has 2 rings (SSSR count). The molecule has 3 nitrogen and oxygen atoms in total. The number of rotatable bonds is 4. The minimum Gasteiger partial charge on any atom is -0.449 e. The summed E-state index contributed by atoms with van der Waals surface area (Å²) in [5.74, 6) is 1.14. The number of aryl methyl sites for hydroxylation is 1. The molecule has 0 unspecified atom stereocenters. The Kier molecular flexibility index (Phi) is 3.81. The molecule has 1 aromatic heterocycles. The van der Waals surface area contributed by atoms with E-state index in [-0.39, 0.29) is 6.04 Å². The highest BCUT2D eigenvalue weighted by atomic mass is 16.3. The largest absolute Gasteiger partial charge is 0.449 e. The van der Waals surface area contributed by atoms with Crippen molar-refractivity contribution in [2.75, 3.05) is 0 Å². The first-order chi connectivity index (χ1) is 8.69. The van der Waals surface area contributed by atoms with E-state index in [2.05, 4.69) is 43.4 Å². The number of nitrogens with one attached hydrogen (secondary N) is 1. The maximum absolute atomic E-state index is 8.67. The van der Waals surface area contributed by atoms with Crippen molar-refractivity contribution in [3.05, 3.63) is 59.0 Å². The SMILES string of the molecule is Cc1ccc([C@@H](C)NCc2ccc(C#N)o2)cc1. The van der Waals surface area contributed by atoms with Gasteiger partial charge >= 0.3 is 0 Å². The first-order valence-corrected chi connectivity index (χ1v) is 5.98. The van der Waals surface area contributed by atoms with E-state index in [9.17, 15) is 0 Å². The third-order valence-electron chi connectivity index (χ3n) is 2.93. The van der Waals surface area contributed by atoms with Crippen LogP contribution in [0.4, 0.5) is 0 Å². The lowest BCUT2D eigenvalue weighted by Gasteiger charge is -2.13. The van der Waals surface area contributed by atoms with Crippen molar-refractivity contribution in [2.24, 2.45) is 0 Å². The molecule has 1 N–H and O–H groups in total. The van der Waals surface area contributed by atoms with Gasteiger partial charge in [0.2, 0.25) is 5.76 Å². The molecule has 3 heteroatoms. The van der Waals surface area contributed by atoms with Crippen LogP contribution in [0.25, 0.3) is 0 Å². The molecule has 0 aliphatic rings. The average Bonchev–Trinajstić information content (AvgIpc) is 2.85. The Morgan fingerprint density at radius 3 is 2.56 bits per heavy atom. The van der Waals surface area contributed by atoms with Crippen LogP contribution in [-0.4, -0.2) is 0 Å². The Morgan fingerprint density at radius 1 is 1.22 bits per heavy atom. The summed E-state index contributed by atoms with van der Waals surface area (Å²) in [6.45, 7) is 4.81. The topological polar surface area (TPSA) is 49.0 Å². The summed E-state index contributed by atoms with van der Waals surface area (Å²) in [7, 11) is 0. The van der Waals surface area contributed by atoms with E-state index in [0.717, 1.165) is 5.76 Å². The Morgan fingerprint density at radius 2 is 1.94 bits per heavy atom. The summed E-state index contributed by atoms with van der Waals surface area (Å²) in [6, 6.07) is 14.2. The molecule has 0 fully saturated rings. The molecule has 18 heavy (non-hydrogen) atoms. The molecule has 0 aliphatic carbocycles. The Labute approximate surface area is 107 Å². The normalized spacial score (nSPS) is 12.1. The van der Waals surface area contributed by atoms with Crippen LogP contribution in [0.3, 0.4) is 0 Å². The summed E-state index contributed by atoms with van der Waals surface area (Å²) < 4.78 is 5.31. The lowest BCUT2D eigenvalue weighted by atomic mass is 10.1. The van der Waals surface area contributed by atoms with E-state index in [4.69, 9.17) is 9.68 Å². The number of nitriles is 1. The van der Waals surface area contributed by atoms with Crippen LogP contribution in [0, 0.1) is 18.3 Å². The van der Waals surface area contributed by atoms with E-state index in [1.165, 1.54) is 11.1 Å². The molecular formula is C15H16N2O. The van der Waals surface area contributed by atoms with E-state index in [0.29, 0.717) is 12.3 Å². The van der Waals surface area contributed by atoms with Gasteiger partial charge in [-0.3, -0.25) is 0 Å². The highest BCUT2D eigenvalue weighted by molar-refractivity contribution is 5.24. The third kappa shape index (κ3) is 2.99. The Bertz CT molecular complexity index is 549. The first kappa shape index (κ1) is 12.4. The summed E-state index contributed by atoms with van der Waals surface area (Å²) in [6.07, 6.45) is 0. The van der Waals surface area contributed by atoms with Gasteiger partial charge in [-0.2, -0.15) is 5.26 Å². The predicted molar refractivity (Wildman–Crippen MR) is 69.9 cm³/mol. The standard InChI is InChI=1S/C15H16N2O/c1-11-3-5-13(6-4-11)12(2)17-10-15-8-7-14(9-16)18-15/h3-8,12,17H,10H2,1-2H3/t12-/m1/s1. The zero-order valence-electron chi connectivity index (χ0n) is 10.6. The van der Waals surface area contributed by atoms with Gasteiger partial charge in [-0.15, -0.1) is 0 Å². The van der Waals surface area contributed by atoms with Crippen molar-refractivity contribution < 1.29 is 4.42 Å². The van der Waals surface area contributed by atoms with Gasteiger partial charge in [0.25, 0.3) is 0 Å². The molecule has 0 spiro atoms. The molecule has 2 aromatic rings.